The molecule has 1 N–H and O–H groups in total. The van der Waals surface area contributed by atoms with Gasteiger partial charge in [0.2, 0.25) is 0 Å². The van der Waals surface area contributed by atoms with Gasteiger partial charge in [-0.3, -0.25) is 9.67 Å². The van der Waals surface area contributed by atoms with Crippen LogP contribution in [0.4, 0.5) is 0 Å². The molecule has 0 aliphatic rings. The molecule has 0 atom stereocenters. The Morgan fingerprint density at radius 3 is 2.65 bits per heavy atom. The molecule has 6 heteroatoms. The molecule has 0 aliphatic carbocycles. The third-order valence-corrected chi connectivity index (χ3v) is 3.40. The Kier molecular flexibility index (Phi) is 3.62. The van der Waals surface area contributed by atoms with Gasteiger partial charge in [-0.05, 0) is 36.0 Å². The molecular weight excluding hydrogens is 292 g/mol. The number of hydrogen-bond donors (Lipinski definition) is 1. The molecule has 2 aromatic heterocycles. The van der Waals surface area contributed by atoms with E-state index in [1.54, 1.807) is 12.3 Å². The number of pyridine rings is 1. The van der Waals surface area contributed by atoms with Crippen LogP contribution < -0.4 is 0 Å². The highest BCUT2D eigenvalue weighted by Crippen LogP contribution is 2.14. The summed E-state index contributed by atoms with van der Waals surface area (Å²) in [6.45, 7) is 0. The van der Waals surface area contributed by atoms with E-state index in [1.165, 1.54) is 0 Å². The number of hydrogen-bond acceptors (Lipinski definition) is 3. The Morgan fingerprint density at radius 2 is 1.95 bits per heavy atom. The SMILES string of the molecule is S=c1[nH]nc(Cc2ccc(Cl)nc2)n1-c1ccccc1. The summed E-state index contributed by atoms with van der Waals surface area (Å²) in [5.74, 6) is 0.838. The maximum absolute atomic E-state index is 5.79. The summed E-state index contributed by atoms with van der Waals surface area (Å²) < 4.78 is 2.50. The van der Waals surface area contributed by atoms with Gasteiger partial charge in [0.05, 0.1) is 0 Å². The van der Waals surface area contributed by atoms with E-state index in [2.05, 4.69) is 15.2 Å². The molecule has 1 aromatic carbocycles. The van der Waals surface area contributed by atoms with E-state index >= 15 is 0 Å². The quantitative estimate of drug-likeness (QED) is 0.594. The number of nitrogens with zero attached hydrogens (tertiary/aromatic N) is 3. The van der Waals surface area contributed by atoms with Crippen molar-refractivity contribution in [3.05, 3.63) is 70.0 Å². The lowest BCUT2D eigenvalue weighted by atomic mass is 10.2. The summed E-state index contributed by atoms with van der Waals surface area (Å²) >= 11 is 11.1. The van der Waals surface area contributed by atoms with Crippen molar-refractivity contribution in [1.82, 2.24) is 19.7 Å². The maximum atomic E-state index is 5.79. The topological polar surface area (TPSA) is 46.5 Å². The van der Waals surface area contributed by atoms with Crippen molar-refractivity contribution in [1.29, 1.82) is 0 Å². The van der Waals surface area contributed by atoms with Crippen molar-refractivity contribution < 1.29 is 0 Å². The van der Waals surface area contributed by atoms with Crippen molar-refractivity contribution in [3.8, 4) is 5.69 Å². The molecule has 0 saturated carbocycles. The molecule has 0 fully saturated rings. The van der Waals surface area contributed by atoms with E-state index in [4.69, 9.17) is 23.8 Å². The molecule has 20 heavy (non-hydrogen) atoms. The molecule has 0 bridgehead atoms. The van der Waals surface area contributed by atoms with Crippen molar-refractivity contribution in [2.75, 3.05) is 0 Å². The second-order valence-electron chi connectivity index (χ2n) is 4.28. The molecule has 0 spiro atoms. The van der Waals surface area contributed by atoms with E-state index in [9.17, 15) is 0 Å². The number of H-pyrrole nitrogens is 1. The van der Waals surface area contributed by atoms with Crippen LogP contribution in [0.2, 0.25) is 5.15 Å². The zero-order valence-electron chi connectivity index (χ0n) is 10.5. The van der Waals surface area contributed by atoms with Crippen LogP contribution in [0.25, 0.3) is 5.69 Å². The third-order valence-electron chi connectivity index (χ3n) is 2.91. The van der Waals surface area contributed by atoms with E-state index in [-0.39, 0.29) is 0 Å². The van der Waals surface area contributed by atoms with Crippen LogP contribution in [-0.2, 0) is 6.42 Å². The first-order valence-electron chi connectivity index (χ1n) is 6.06. The number of nitrogens with one attached hydrogen (secondary N) is 1. The van der Waals surface area contributed by atoms with Crippen LogP contribution in [0.5, 0.6) is 0 Å². The lowest BCUT2D eigenvalue weighted by Gasteiger charge is -2.06. The summed E-state index contributed by atoms with van der Waals surface area (Å²) in [6, 6.07) is 13.6. The molecule has 0 unspecified atom stereocenters. The fourth-order valence-corrected chi connectivity index (χ4v) is 2.35. The van der Waals surface area contributed by atoms with Crippen LogP contribution in [0, 0.1) is 4.77 Å². The Balaban J connectivity index is 1.99. The van der Waals surface area contributed by atoms with Crippen LogP contribution >= 0.6 is 23.8 Å². The van der Waals surface area contributed by atoms with Gasteiger partial charge in [-0.2, -0.15) is 5.10 Å². The summed E-state index contributed by atoms with van der Waals surface area (Å²) in [5.41, 5.74) is 2.02. The molecule has 0 aliphatic heterocycles. The zero-order chi connectivity index (χ0) is 13.9. The molecular formula is C14H11ClN4S. The number of aromatic amines is 1. The summed E-state index contributed by atoms with van der Waals surface area (Å²) in [7, 11) is 0. The molecule has 4 nitrogen and oxygen atoms in total. The van der Waals surface area contributed by atoms with Crippen molar-refractivity contribution in [2.45, 2.75) is 6.42 Å². The molecule has 0 radical (unpaired) electrons. The summed E-state index contributed by atoms with van der Waals surface area (Å²) in [6.07, 6.45) is 2.38. The largest absolute Gasteiger partial charge is 0.272 e. The highest BCUT2D eigenvalue weighted by molar-refractivity contribution is 7.71. The highest BCUT2D eigenvalue weighted by atomic mass is 35.5. The third kappa shape index (κ3) is 2.64. The van der Waals surface area contributed by atoms with Gasteiger partial charge >= 0.3 is 0 Å². The second kappa shape index (κ2) is 5.56. The van der Waals surface area contributed by atoms with E-state index in [1.807, 2.05) is 41.0 Å². The normalized spacial score (nSPS) is 10.7. The standard InChI is InChI=1S/C14H11ClN4S/c15-12-7-6-10(9-16-12)8-13-17-18-14(20)19(13)11-4-2-1-3-5-11/h1-7,9H,8H2,(H,18,20). The lowest BCUT2D eigenvalue weighted by Crippen LogP contribution is -2.02. The molecule has 3 aromatic rings. The predicted octanol–water partition coefficient (Wildman–Crippen LogP) is 3.57. The smallest absolute Gasteiger partial charge is 0.199 e. The molecule has 2 heterocycles. The maximum Gasteiger partial charge on any atom is 0.199 e. The minimum atomic E-state index is 0.482. The summed E-state index contributed by atoms with van der Waals surface area (Å²) in [4.78, 5) is 4.08. The van der Waals surface area contributed by atoms with Gasteiger partial charge in [0.15, 0.2) is 4.77 Å². The van der Waals surface area contributed by atoms with Crippen LogP contribution in [0.3, 0.4) is 0 Å². The number of aromatic nitrogens is 4. The first-order valence-corrected chi connectivity index (χ1v) is 6.85. The van der Waals surface area contributed by atoms with E-state index in [0.29, 0.717) is 16.3 Å². The predicted molar refractivity (Wildman–Crippen MR) is 80.8 cm³/mol. The van der Waals surface area contributed by atoms with Crippen LogP contribution in [0.1, 0.15) is 11.4 Å². The minimum absolute atomic E-state index is 0.482. The van der Waals surface area contributed by atoms with Gasteiger partial charge in [-0.1, -0.05) is 35.9 Å². The first kappa shape index (κ1) is 13.0. The first-order chi connectivity index (χ1) is 9.74. The van der Waals surface area contributed by atoms with Gasteiger partial charge in [0, 0.05) is 18.3 Å². The Morgan fingerprint density at radius 1 is 1.15 bits per heavy atom. The monoisotopic (exact) mass is 302 g/mol. The fourth-order valence-electron chi connectivity index (χ4n) is 1.99. The molecule has 3 rings (SSSR count). The van der Waals surface area contributed by atoms with E-state index < -0.39 is 0 Å². The van der Waals surface area contributed by atoms with Crippen molar-refractivity contribution in [2.24, 2.45) is 0 Å². The van der Waals surface area contributed by atoms with Gasteiger partial charge in [-0.15, -0.1) is 0 Å². The molecule has 100 valence electrons. The Labute approximate surface area is 126 Å². The lowest BCUT2D eigenvalue weighted by molar-refractivity contribution is 0.898. The van der Waals surface area contributed by atoms with Crippen molar-refractivity contribution >= 4 is 23.8 Å². The van der Waals surface area contributed by atoms with Gasteiger partial charge < -0.3 is 0 Å². The van der Waals surface area contributed by atoms with Crippen molar-refractivity contribution in [3.63, 3.8) is 0 Å². The van der Waals surface area contributed by atoms with Gasteiger partial charge in [0.1, 0.15) is 11.0 Å². The number of halogens is 1. The zero-order valence-corrected chi connectivity index (χ0v) is 12.0. The minimum Gasteiger partial charge on any atom is -0.272 e. The van der Waals surface area contributed by atoms with Crippen LogP contribution in [0.15, 0.2) is 48.7 Å². The van der Waals surface area contributed by atoms with E-state index in [0.717, 1.165) is 17.1 Å². The molecule has 0 amide bonds. The second-order valence-corrected chi connectivity index (χ2v) is 5.06. The number of benzene rings is 1. The van der Waals surface area contributed by atoms with Crippen LogP contribution in [-0.4, -0.2) is 19.7 Å². The fraction of sp³-hybridized carbons (Fsp3) is 0.0714. The highest BCUT2D eigenvalue weighted by Gasteiger charge is 2.09. The average Bonchev–Trinajstić information content (AvgIpc) is 2.83. The number of para-hydroxylation sites is 1. The Hall–Kier alpha value is -1.98. The molecule has 0 saturated heterocycles. The number of rotatable bonds is 3. The van der Waals surface area contributed by atoms with Gasteiger partial charge in [-0.25, -0.2) is 4.98 Å². The summed E-state index contributed by atoms with van der Waals surface area (Å²) in [5, 5.41) is 7.61. The van der Waals surface area contributed by atoms with Gasteiger partial charge in [0.25, 0.3) is 0 Å². The average molecular weight is 303 g/mol. The Bertz CT molecular complexity index is 762.